The van der Waals surface area contributed by atoms with Gasteiger partial charge in [-0.05, 0) is 94.2 Å². The molecule has 0 heterocycles. The summed E-state index contributed by atoms with van der Waals surface area (Å²) in [4.78, 5) is 40.0. The topological polar surface area (TPSA) is 105 Å². The molecular weight excluding hydrogens is 460 g/mol. The van der Waals surface area contributed by atoms with E-state index in [4.69, 9.17) is 9.47 Å². The quantitative estimate of drug-likeness (QED) is 0.528. The molecule has 4 atom stereocenters. The fourth-order valence-electron chi connectivity index (χ4n) is 7.03. The predicted molar refractivity (Wildman–Crippen MR) is 134 cm³/mol. The van der Waals surface area contributed by atoms with E-state index in [0.29, 0.717) is 24.0 Å². The molecule has 4 aliphatic rings. The highest BCUT2D eigenvalue weighted by molar-refractivity contribution is 5.88. The first-order valence-electron chi connectivity index (χ1n) is 13.1. The predicted octanol–water partition coefficient (Wildman–Crippen LogP) is 3.69. The maximum Gasteiger partial charge on any atom is 0.414 e. The monoisotopic (exact) mass is 500 g/mol. The molecule has 4 saturated carbocycles. The van der Waals surface area contributed by atoms with Gasteiger partial charge in [0.1, 0.15) is 11.8 Å². The molecule has 8 nitrogen and oxygen atoms in total. The normalized spacial score (nSPS) is 30.0. The maximum absolute atomic E-state index is 13.8. The lowest BCUT2D eigenvalue weighted by Gasteiger charge is -2.62. The molecular formula is C28H40N2O6. The van der Waals surface area contributed by atoms with Crippen LogP contribution < -0.4 is 10.1 Å². The van der Waals surface area contributed by atoms with Gasteiger partial charge >= 0.3 is 12.1 Å². The van der Waals surface area contributed by atoms with Gasteiger partial charge in [0.05, 0.1) is 17.6 Å². The van der Waals surface area contributed by atoms with Crippen molar-refractivity contribution in [2.45, 2.75) is 84.0 Å². The Morgan fingerprint density at radius 2 is 1.67 bits per heavy atom. The number of carbonyl (C=O) groups is 3. The third-order valence-electron chi connectivity index (χ3n) is 8.35. The summed E-state index contributed by atoms with van der Waals surface area (Å²) in [6.45, 7) is 5.44. The molecule has 8 heteroatoms. The number of aliphatic hydroxyl groups is 1. The van der Waals surface area contributed by atoms with Gasteiger partial charge in [-0.15, -0.1) is 0 Å². The molecule has 0 aromatic heterocycles. The van der Waals surface area contributed by atoms with Crippen molar-refractivity contribution >= 4 is 18.0 Å². The number of esters is 1. The van der Waals surface area contributed by atoms with Crippen molar-refractivity contribution in [2.75, 3.05) is 14.1 Å². The summed E-state index contributed by atoms with van der Waals surface area (Å²) in [6, 6.07) is 6.09. The van der Waals surface area contributed by atoms with Crippen LogP contribution in [0.3, 0.4) is 0 Å². The number of carbonyl (C=O) groups excluding carboxylic acids is 3. The summed E-state index contributed by atoms with van der Waals surface area (Å²) in [5.41, 5.74) is 0.0771. The molecule has 2 N–H and O–H groups in total. The van der Waals surface area contributed by atoms with Gasteiger partial charge in [-0.2, -0.15) is 0 Å². The average Bonchev–Trinajstić information content (AvgIpc) is 2.78. The van der Waals surface area contributed by atoms with E-state index in [1.54, 1.807) is 52.2 Å². The first-order chi connectivity index (χ1) is 16.9. The number of benzene rings is 1. The molecule has 2 amide bonds. The van der Waals surface area contributed by atoms with Crippen molar-refractivity contribution in [1.82, 2.24) is 10.2 Å². The molecule has 0 aliphatic heterocycles. The number of ether oxygens (including phenoxy) is 2. The molecule has 0 radical (unpaired) electrons. The van der Waals surface area contributed by atoms with Crippen LogP contribution in [0, 0.1) is 22.7 Å². The van der Waals surface area contributed by atoms with Crippen molar-refractivity contribution in [3.05, 3.63) is 29.8 Å². The molecule has 198 valence electrons. The van der Waals surface area contributed by atoms with Crippen LogP contribution in [0.25, 0.3) is 0 Å². The van der Waals surface area contributed by atoms with Crippen LogP contribution in [0.2, 0.25) is 0 Å². The zero-order valence-corrected chi connectivity index (χ0v) is 22.1. The lowest BCUT2D eigenvalue weighted by atomic mass is 9.43. The molecule has 1 aromatic carbocycles. The summed E-state index contributed by atoms with van der Waals surface area (Å²) < 4.78 is 10.8. The minimum Gasteiger partial charge on any atom is -0.461 e. The van der Waals surface area contributed by atoms with Gasteiger partial charge in [0.2, 0.25) is 5.91 Å². The average molecular weight is 501 g/mol. The SMILES string of the molecule is CC(C)OC(=O)[C@H](Cc1ccc(OC(=O)N(C)C)cc1)NC(=O)C12CC3CC(C1)CC(C(C)O)(C3)C2. The Morgan fingerprint density at radius 1 is 1.06 bits per heavy atom. The van der Waals surface area contributed by atoms with Crippen LogP contribution >= 0.6 is 0 Å². The molecule has 4 aliphatic carbocycles. The summed E-state index contributed by atoms with van der Waals surface area (Å²) >= 11 is 0. The molecule has 0 saturated heterocycles. The van der Waals surface area contributed by atoms with Crippen molar-refractivity contribution in [2.24, 2.45) is 22.7 Å². The Balaban J connectivity index is 1.50. The van der Waals surface area contributed by atoms with Crippen LogP contribution in [0.5, 0.6) is 5.75 Å². The zero-order chi connectivity index (χ0) is 26.3. The Hall–Kier alpha value is -2.61. The van der Waals surface area contributed by atoms with Crippen LogP contribution in [0.1, 0.15) is 64.9 Å². The minimum absolute atomic E-state index is 0.0936. The van der Waals surface area contributed by atoms with Crippen LogP contribution in [-0.4, -0.2) is 60.3 Å². The van der Waals surface area contributed by atoms with E-state index in [-0.39, 0.29) is 23.8 Å². The lowest BCUT2D eigenvalue weighted by molar-refractivity contribution is -0.175. The van der Waals surface area contributed by atoms with Gasteiger partial charge in [-0.25, -0.2) is 9.59 Å². The van der Waals surface area contributed by atoms with Gasteiger partial charge in [-0.3, -0.25) is 4.79 Å². The van der Waals surface area contributed by atoms with E-state index in [1.165, 1.54) is 4.90 Å². The highest BCUT2D eigenvalue weighted by Crippen LogP contribution is 2.66. The molecule has 4 bridgehead atoms. The lowest BCUT2D eigenvalue weighted by Crippen LogP contribution is -2.61. The molecule has 3 unspecified atom stereocenters. The highest BCUT2D eigenvalue weighted by atomic mass is 16.6. The number of hydrogen-bond donors (Lipinski definition) is 2. The highest BCUT2D eigenvalue weighted by Gasteiger charge is 2.62. The first kappa shape index (κ1) is 26.5. The number of aliphatic hydroxyl groups excluding tert-OH is 1. The third kappa shape index (κ3) is 5.38. The second kappa shape index (κ2) is 10.0. The Kier molecular flexibility index (Phi) is 7.37. The summed E-state index contributed by atoms with van der Waals surface area (Å²) in [5.74, 6) is 0.746. The van der Waals surface area contributed by atoms with Crippen LogP contribution in [0.15, 0.2) is 24.3 Å². The maximum atomic E-state index is 13.8. The molecule has 4 fully saturated rings. The number of nitrogens with zero attached hydrogens (tertiary/aromatic N) is 1. The van der Waals surface area contributed by atoms with Crippen LogP contribution in [-0.2, 0) is 20.7 Å². The summed E-state index contributed by atoms with van der Waals surface area (Å²) in [5, 5.41) is 13.7. The molecule has 1 aromatic rings. The Bertz CT molecular complexity index is 972. The van der Waals surface area contributed by atoms with Crippen molar-refractivity contribution in [3.63, 3.8) is 0 Å². The van der Waals surface area contributed by atoms with Crippen molar-refractivity contribution < 1.29 is 29.0 Å². The largest absolute Gasteiger partial charge is 0.461 e. The fraction of sp³-hybridized carbons (Fsp3) is 0.679. The summed E-state index contributed by atoms with van der Waals surface area (Å²) in [7, 11) is 3.22. The van der Waals surface area contributed by atoms with Crippen molar-refractivity contribution in [3.8, 4) is 5.75 Å². The second-order valence-corrected chi connectivity index (χ2v) is 11.9. The van der Waals surface area contributed by atoms with Gasteiger partial charge < -0.3 is 24.8 Å². The van der Waals surface area contributed by atoms with E-state index < -0.39 is 29.6 Å². The Morgan fingerprint density at radius 3 is 2.19 bits per heavy atom. The van der Waals surface area contributed by atoms with E-state index >= 15 is 0 Å². The van der Waals surface area contributed by atoms with E-state index in [1.807, 2.05) is 6.92 Å². The van der Waals surface area contributed by atoms with Gasteiger partial charge in [-0.1, -0.05) is 12.1 Å². The van der Waals surface area contributed by atoms with Crippen LogP contribution in [0.4, 0.5) is 4.79 Å². The standard InChI is InChI=1S/C28H40N2O6/c1-17(2)35-24(32)23(11-19-6-8-22(9-7-19)36-26(34)30(4)5)29-25(33)28-14-20-10-21(15-28)13-27(12-20,16-28)18(3)31/h6-9,17-18,20-21,23,31H,10-16H2,1-5H3,(H,29,33)/t18?,20?,21?,23-,27?,28?/m0/s1. The molecule has 0 spiro atoms. The number of amides is 2. The number of rotatable bonds is 8. The minimum atomic E-state index is -0.828. The first-order valence-corrected chi connectivity index (χ1v) is 13.1. The smallest absolute Gasteiger partial charge is 0.414 e. The van der Waals surface area contributed by atoms with Gasteiger partial charge in [0, 0.05) is 20.5 Å². The van der Waals surface area contributed by atoms with Gasteiger partial charge in [0.25, 0.3) is 0 Å². The van der Waals surface area contributed by atoms with E-state index in [2.05, 4.69) is 5.32 Å². The molecule has 5 rings (SSSR count). The van der Waals surface area contributed by atoms with E-state index in [9.17, 15) is 19.5 Å². The molecule has 36 heavy (non-hydrogen) atoms. The number of hydrogen-bond acceptors (Lipinski definition) is 6. The summed E-state index contributed by atoms with van der Waals surface area (Å²) in [6.07, 6.45) is 4.47. The zero-order valence-electron chi connectivity index (χ0n) is 22.1. The van der Waals surface area contributed by atoms with E-state index in [0.717, 1.165) is 37.7 Å². The van der Waals surface area contributed by atoms with Gasteiger partial charge in [0.15, 0.2) is 0 Å². The number of nitrogens with one attached hydrogen (secondary N) is 1. The Labute approximate surface area is 213 Å². The second-order valence-electron chi connectivity index (χ2n) is 11.9. The third-order valence-corrected chi connectivity index (χ3v) is 8.35. The van der Waals surface area contributed by atoms with Crippen molar-refractivity contribution in [1.29, 1.82) is 0 Å². The fourth-order valence-corrected chi connectivity index (χ4v) is 7.03.